The third kappa shape index (κ3) is 7.07. The van der Waals surface area contributed by atoms with Crippen molar-refractivity contribution in [3.8, 4) is 0 Å². The van der Waals surface area contributed by atoms with E-state index in [1.165, 1.54) is 42.3 Å². The van der Waals surface area contributed by atoms with Gasteiger partial charge in [-0.2, -0.15) is 26.3 Å². The van der Waals surface area contributed by atoms with Crippen LogP contribution in [0.3, 0.4) is 0 Å². The highest BCUT2D eigenvalue weighted by molar-refractivity contribution is 6.14. The van der Waals surface area contributed by atoms with Gasteiger partial charge in [-0.3, -0.25) is 14.7 Å². The predicted octanol–water partition coefficient (Wildman–Crippen LogP) is 3.32. The molecule has 3 rings (SSSR count). The average Bonchev–Trinajstić information content (AvgIpc) is 3.19. The van der Waals surface area contributed by atoms with Gasteiger partial charge in [-0.15, -0.1) is 0 Å². The number of rotatable bonds is 7. The molecule has 1 aromatic heterocycles. The highest BCUT2D eigenvalue weighted by Crippen LogP contribution is 2.31. The van der Waals surface area contributed by atoms with Gasteiger partial charge in [0, 0.05) is 43.5 Å². The van der Waals surface area contributed by atoms with Crippen LogP contribution in [0.2, 0.25) is 0 Å². The first-order valence-electron chi connectivity index (χ1n) is 10.5. The molecular weight excluding hydrogens is 480 g/mol. The van der Waals surface area contributed by atoms with E-state index in [0.29, 0.717) is 6.42 Å². The Kier molecular flexibility index (Phi) is 7.88. The Morgan fingerprint density at radius 2 is 2.00 bits per heavy atom. The molecule has 7 nitrogen and oxygen atoms in total. The number of pyridine rings is 1. The van der Waals surface area contributed by atoms with Gasteiger partial charge in [-0.05, 0) is 30.7 Å². The number of nitrogens with zero attached hydrogens (tertiary/aromatic N) is 2. The maximum atomic E-state index is 13.1. The molecule has 190 valence electrons. The van der Waals surface area contributed by atoms with Crippen LogP contribution < -0.4 is 10.6 Å². The van der Waals surface area contributed by atoms with Gasteiger partial charge in [-0.25, -0.2) is 0 Å². The van der Waals surface area contributed by atoms with Crippen LogP contribution in [0.5, 0.6) is 0 Å². The lowest BCUT2D eigenvalue weighted by Crippen LogP contribution is -2.42. The molecule has 2 heterocycles. The Bertz CT molecular complexity index is 1060. The van der Waals surface area contributed by atoms with Gasteiger partial charge in [0.15, 0.2) is 5.69 Å². The second-order valence-corrected chi connectivity index (χ2v) is 7.94. The lowest BCUT2D eigenvalue weighted by molar-refractivity contribution is -0.144. The highest BCUT2D eigenvalue weighted by Gasteiger charge is 2.36. The number of carbonyl (C=O) groups is 1. The average molecular weight is 503 g/mol. The summed E-state index contributed by atoms with van der Waals surface area (Å²) in [4.78, 5) is 17.4. The quantitative estimate of drug-likeness (QED) is 0.393. The van der Waals surface area contributed by atoms with Crippen LogP contribution in [-0.2, 0) is 22.3 Å². The Balaban J connectivity index is 1.72. The van der Waals surface area contributed by atoms with E-state index in [4.69, 9.17) is 10.1 Å². The standard InChI is InChI=1S/C22H23F6N5O2/c1-30-18(20(34)32-14-6-8-33(10-14)12-21(23,24)25)16-9-15(4-5-17(16)29)35-11-13-3-2-7-31-19(13)22(26,27)28/h2-5,7,9,14,29-30H,6,8,10-12H2,1H3,(H,32,34)/b18-16-,29-17?. The van der Waals surface area contributed by atoms with E-state index in [1.54, 1.807) is 0 Å². The van der Waals surface area contributed by atoms with Crippen molar-refractivity contribution in [1.29, 1.82) is 5.41 Å². The maximum Gasteiger partial charge on any atom is 0.433 e. The topological polar surface area (TPSA) is 90.3 Å². The van der Waals surface area contributed by atoms with Crippen LogP contribution in [0.1, 0.15) is 17.7 Å². The Hall–Kier alpha value is -3.35. The van der Waals surface area contributed by atoms with Crippen LogP contribution in [0, 0.1) is 5.41 Å². The summed E-state index contributed by atoms with van der Waals surface area (Å²) in [5, 5.41) is 13.5. The number of likely N-dealkylation sites (tertiary alicyclic amines) is 1. The Morgan fingerprint density at radius 1 is 1.26 bits per heavy atom. The summed E-state index contributed by atoms with van der Waals surface area (Å²) in [7, 11) is 1.44. The van der Waals surface area contributed by atoms with Crippen molar-refractivity contribution in [2.45, 2.75) is 31.4 Å². The maximum absolute atomic E-state index is 13.1. The molecular formula is C22H23F6N5O2. The number of halogens is 6. The zero-order chi connectivity index (χ0) is 25.8. The highest BCUT2D eigenvalue weighted by atomic mass is 19.4. The van der Waals surface area contributed by atoms with Crippen LogP contribution >= 0.6 is 0 Å². The van der Waals surface area contributed by atoms with Gasteiger partial charge < -0.3 is 20.8 Å². The first-order chi connectivity index (χ1) is 16.4. The van der Waals surface area contributed by atoms with Gasteiger partial charge in [0.2, 0.25) is 0 Å². The fourth-order valence-electron chi connectivity index (χ4n) is 3.77. The molecule has 0 aromatic carbocycles. The van der Waals surface area contributed by atoms with Crippen molar-refractivity contribution < 1.29 is 35.9 Å². The number of allylic oxidation sites excluding steroid dienone is 4. The molecule has 35 heavy (non-hydrogen) atoms. The number of likely N-dealkylation sites (N-methyl/N-ethyl adjacent to an activating group) is 1. The van der Waals surface area contributed by atoms with Gasteiger partial charge in [0.05, 0.1) is 12.3 Å². The number of nitrogens with one attached hydrogen (secondary N) is 3. The van der Waals surface area contributed by atoms with E-state index in [0.717, 1.165) is 6.20 Å². The summed E-state index contributed by atoms with van der Waals surface area (Å²) in [6.07, 6.45) is -3.59. The molecule has 1 fully saturated rings. The molecule has 0 spiro atoms. The van der Waals surface area contributed by atoms with Crippen molar-refractivity contribution >= 4 is 11.6 Å². The SMILES string of the molecule is CN/C(C(=O)NC1CCN(CC(F)(F)F)C1)=C1/C=C(OCc2cccnc2C(F)(F)F)C=CC1=N. The van der Waals surface area contributed by atoms with E-state index >= 15 is 0 Å². The summed E-state index contributed by atoms with van der Waals surface area (Å²) in [5.74, 6) is -0.505. The summed E-state index contributed by atoms with van der Waals surface area (Å²) in [6, 6.07) is 2.08. The minimum atomic E-state index is -4.66. The normalized spacial score (nSPS) is 20.5. The molecule has 1 saturated heterocycles. The molecule has 1 atom stereocenters. The fraction of sp³-hybridized carbons (Fsp3) is 0.409. The fourth-order valence-corrected chi connectivity index (χ4v) is 3.77. The molecule has 0 saturated carbocycles. The van der Waals surface area contributed by atoms with E-state index in [9.17, 15) is 31.1 Å². The lowest BCUT2D eigenvalue weighted by atomic mass is 10.0. The number of aromatic nitrogens is 1. The summed E-state index contributed by atoms with van der Waals surface area (Å²) < 4.78 is 82.7. The third-order valence-corrected chi connectivity index (χ3v) is 5.30. The number of hydrogen-bond donors (Lipinski definition) is 3. The molecule has 1 aliphatic heterocycles. The molecule has 13 heteroatoms. The van der Waals surface area contributed by atoms with Crippen molar-refractivity contribution in [1.82, 2.24) is 20.5 Å². The van der Waals surface area contributed by atoms with Crippen LogP contribution in [0.25, 0.3) is 0 Å². The minimum absolute atomic E-state index is 0.0212. The second-order valence-electron chi connectivity index (χ2n) is 7.94. The van der Waals surface area contributed by atoms with E-state index in [-0.39, 0.29) is 41.4 Å². The molecule has 0 bridgehead atoms. The van der Waals surface area contributed by atoms with Crippen LogP contribution in [0.4, 0.5) is 26.3 Å². The van der Waals surface area contributed by atoms with E-state index in [2.05, 4.69) is 15.6 Å². The summed E-state index contributed by atoms with van der Waals surface area (Å²) in [5.41, 5.74) is -1.21. The minimum Gasteiger partial charge on any atom is -0.489 e. The monoisotopic (exact) mass is 503 g/mol. The van der Waals surface area contributed by atoms with E-state index in [1.807, 2.05) is 0 Å². The Labute approximate surface area is 197 Å². The smallest absolute Gasteiger partial charge is 0.433 e. The molecule has 1 aromatic rings. The van der Waals surface area contributed by atoms with Crippen molar-refractivity contribution in [3.05, 3.63) is 64.8 Å². The third-order valence-electron chi connectivity index (χ3n) is 5.30. The predicted molar refractivity (Wildman–Crippen MR) is 114 cm³/mol. The molecule has 0 radical (unpaired) electrons. The van der Waals surface area contributed by atoms with Gasteiger partial charge in [0.1, 0.15) is 18.1 Å². The number of amides is 1. The number of hydrogen-bond acceptors (Lipinski definition) is 6. The first kappa shape index (κ1) is 26.3. The first-order valence-corrected chi connectivity index (χ1v) is 10.5. The number of carbonyl (C=O) groups excluding carboxylic acids is 1. The zero-order valence-electron chi connectivity index (χ0n) is 18.6. The molecule has 1 amide bonds. The van der Waals surface area contributed by atoms with Gasteiger partial charge in [0.25, 0.3) is 5.91 Å². The number of alkyl halides is 6. The van der Waals surface area contributed by atoms with E-state index < -0.39 is 43.1 Å². The Morgan fingerprint density at radius 3 is 2.66 bits per heavy atom. The van der Waals surface area contributed by atoms with Crippen molar-refractivity contribution in [2.24, 2.45) is 0 Å². The molecule has 2 aliphatic rings. The second kappa shape index (κ2) is 10.5. The molecule has 1 aliphatic carbocycles. The number of ether oxygens (including phenoxy) is 1. The zero-order valence-corrected chi connectivity index (χ0v) is 18.6. The summed E-state index contributed by atoms with van der Waals surface area (Å²) in [6.45, 7) is -1.30. The van der Waals surface area contributed by atoms with Crippen LogP contribution in [-0.4, -0.2) is 60.4 Å². The summed E-state index contributed by atoms with van der Waals surface area (Å²) >= 11 is 0. The molecule has 1 unspecified atom stereocenters. The van der Waals surface area contributed by atoms with Crippen molar-refractivity contribution in [3.63, 3.8) is 0 Å². The largest absolute Gasteiger partial charge is 0.489 e. The van der Waals surface area contributed by atoms with Crippen LogP contribution in [0.15, 0.2) is 53.6 Å². The molecule has 3 N–H and O–H groups in total. The van der Waals surface area contributed by atoms with Gasteiger partial charge >= 0.3 is 12.4 Å². The van der Waals surface area contributed by atoms with Gasteiger partial charge in [-0.1, -0.05) is 6.07 Å². The van der Waals surface area contributed by atoms with Crippen molar-refractivity contribution in [2.75, 3.05) is 26.7 Å². The lowest BCUT2D eigenvalue weighted by Gasteiger charge is -2.20.